The van der Waals surface area contributed by atoms with Gasteiger partial charge in [0.1, 0.15) is 6.04 Å². The van der Waals surface area contributed by atoms with Gasteiger partial charge in [-0.05, 0) is 43.0 Å². The quantitative estimate of drug-likeness (QED) is 0.573. The topological polar surface area (TPSA) is 108 Å². The molecule has 2 amide bonds. The largest absolute Gasteiger partial charge is 0.489 e. The van der Waals surface area contributed by atoms with E-state index in [1.807, 2.05) is 0 Å². The van der Waals surface area contributed by atoms with Gasteiger partial charge in [-0.2, -0.15) is 0 Å². The third-order valence-electron chi connectivity index (χ3n) is 4.73. The van der Waals surface area contributed by atoms with Crippen LogP contribution in [-0.2, 0) is 19.1 Å². The summed E-state index contributed by atoms with van der Waals surface area (Å²) in [6, 6.07) is 2.72. The number of halogens is 1. The summed E-state index contributed by atoms with van der Waals surface area (Å²) in [5.41, 5.74) is 5.98. The second-order valence-electron chi connectivity index (χ2n) is 6.82. The lowest BCUT2D eigenvalue weighted by molar-refractivity contribution is -0.151. The second kappa shape index (κ2) is 9.65. The minimum Gasteiger partial charge on any atom is -0.489 e. The van der Waals surface area contributed by atoms with Crippen LogP contribution in [0, 0.1) is 0 Å². The summed E-state index contributed by atoms with van der Waals surface area (Å²) in [6.07, 6.45) is 5.61. The number of nitrogens with two attached hydrogens (primary N) is 1. The van der Waals surface area contributed by atoms with Crippen LogP contribution in [0.25, 0.3) is 6.08 Å². The number of amides is 2. The molecule has 1 saturated heterocycles. The highest BCUT2D eigenvalue weighted by Gasteiger charge is 2.30. The third kappa shape index (κ3) is 5.41. The number of ether oxygens (including phenoxy) is 3. The predicted octanol–water partition coefficient (Wildman–Crippen LogP) is 1.92. The molecule has 8 nitrogen and oxygen atoms in total. The molecule has 1 atom stereocenters. The predicted molar refractivity (Wildman–Crippen MR) is 106 cm³/mol. The molecular weight excluding hydrogens is 400 g/mol. The number of hydrogen-bond acceptors (Lipinski definition) is 6. The minimum atomic E-state index is -0.686. The molecule has 2 aliphatic rings. The Morgan fingerprint density at radius 3 is 2.79 bits per heavy atom. The highest BCUT2D eigenvalue weighted by molar-refractivity contribution is 6.32. The number of hydrogen-bond donors (Lipinski definition) is 1. The van der Waals surface area contributed by atoms with Gasteiger partial charge in [-0.25, -0.2) is 4.79 Å². The molecule has 0 aliphatic carbocycles. The lowest BCUT2D eigenvalue weighted by Crippen LogP contribution is -2.51. The van der Waals surface area contributed by atoms with Gasteiger partial charge in [0.25, 0.3) is 5.91 Å². The van der Waals surface area contributed by atoms with Gasteiger partial charge in [-0.3, -0.25) is 9.59 Å². The minimum absolute atomic E-state index is 0.384. The van der Waals surface area contributed by atoms with Crippen LogP contribution in [0.3, 0.4) is 0 Å². The number of nitrogens with zero attached hydrogens (tertiary/aromatic N) is 1. The smallest absolute Gasteiger partial charge is 0.331 e. The first-order chi connectivity index (χ1) is 14.0. The standard InChI is InChI=1S/C20H23ClN2O6/c21-14-10-13(11-16-19(14)28-9-3-8-27-16)5-6-18(25)29-12-17(24)23-7-2-1-4-15(23)20(22)26/h5-6,10-11,15H,1-4,7-9,12H2,(H2,22,26)/b6-5+/t15-/m0/s1. The highest BCUT2D eigenvalue weighted by atomic mass is 35.5. The zero-order valence-electron chi connectivity index (χ0n) is 15.9. The summed E-state index contributed by atoms with van der Waals surface area (Å²) in [5, 5.41) is 0.384. The molecule has 156 valence electrons. The number of likely N-dealkylation sites (tertiary alicyclic amines) is 1. The maximum Gasteiger partial charge on any atom is 0.331 e. The fraction of sp³-hybridized carbons (Fsp3) is 0.450. The Labute approximate surface area is 173 Å². The van der Waals surface area contributed by atoms with E-state index in [0.717, 1.165) is 19.3 Å². The molecule has 29 heavy (non-hydrogen) atoms. The molecule has 1 fully saturated rings. The SMILES string of the molecule is NC(=O)[C@@H]1CCCCN1C(=O)COC(=O)/C=C/c1cc(Cl)c2c(c1)OCCCO2. The molecule has 2 N–H and O–H groups in total. The first-order valence-corrected chi connectivity index (χ1v) is 9.86. The molecule has 0 unspecified atom stereocenters. The second-order valence-corrected chi connectivity index (χ2v) is 7.23. The van der Waals surface area contributed by atoms with Gasteiger partial charge in [0.2, 0.25) is 5.91 Å². The third-order valence-corrected chi connectivity index (χ3v) is 5.01. The molecule has 0 saturated carbocycles. The van der Waals surface area contributed by atoms with Crippen molar-refractivity contribution in [1.82, 2.24) is 4.90 Å². The van der Waals surface area contributed by atoms with Crippen LogP contribution in [0.1, 0.15) is 31.2 Å². The van der Waals surface area contributed by atoms with Crippen LogP contribution in [-0.4, -0.2) is 55.1 Å². The summed E-state index contributed by atoms with van der Waals surface area (Å²) in [4.78, 5) is 37.2. The molecule has 1 aromatic carbocycles. The molecule has 2 aliphatic heterocycles. The van der Waals surface area contributed by atoms with Crippen LogP contribution < -0.4 is 15.2 Å². The molecule has 0 spiro atoms. The van der Waals surface area contributed by atoms with E-state index >= 15 is 0 Å². The van der Waals surface area contributed by atoms with Crippen LogP contribution >= 0.6 is 11.6 Å². The maximum atomic E-state index is 12.3. The van der Waals surface area contributed by atoms with Crippen molar-refractivity contribution in [3.05, 3.63) is 28.8 Å². The van der Waals surface area contributed by atoms with Crippen molar-refractivity contribution in [2.75, 3.05) is 26.4 Å². The van der Waals surface area contributed by atoms with Crippen molar-refractivity contribution < 1.29 is 28.6 Å². The average Bonchev–Trinajstić information content (AvgIpc) is 2.96. The van der Waals surface area contributed by atoms with Crippen molar-refractivity contribution >= 4 is 35.5 Å². The van der Waals surface area contributed by atoms with E-state index in [-0.39, 0.29) is 0 Å². The van der Waals surface area contributed by atoms with Crippen LogP contribution in [0.5, 0.6) is 11.5 Å². The number of benzene rings is 1. The van der Waals surface area contributed by atoms with Gasteiger partial charge in [0, 0.05) is 19.0 Å². The van der Waals surface area contributed by atoms with E-state index in [1.165, 1.54) is 17.1 Å². The van der Waals surface area contributed by atoms with Gasteiger partial charge in [0.05, 0.1) is 18.2 Å². The summed E-state index contributed by atoms with van der Waals surface area (Å²) in [6.45, 7) is 1.02. The molecular formula is C20H23ClN2O6. The number of rotatable bonds is 5. The zero-order valence-corrected chi connectivity index (χ0v) is 16.7. The van der Waals surface area contributed by atoms with E-state index in [1.54, 1.807) is 12.1 Å². The Morgan fingerprint density at radius 1 is 1.21 bits per heavy atom. The number of esters is 1. The Balaban J connectivity index is 1.57. The van der Waals surface area contributed by atoms with Crippen molar-refractivity contribution in [3.8, 4) is 11.5 Å². The molecule has 2 heterocycles. The van der Waals surface area contributed by atoms with Gasteiger partial charge in [0.15, 0.2) is 18.1 Å². The van der Waals surface area contributed by atoms with E-state index in [9.17, 15) is 14.4 Å². The Hall–Kier alpha value is -2.74. The number of piperidine rings is 1. The van der Waals surface area contributed by atoms with Gasteiger partial charge < -0.3 is 24.8 Å². The molecule has 3 rings (SSSR count). The summed E-state index contributed by atoms with van der Waals surface area (Å²) < 4.78 is 16.2. The van der Waals surface area contributed by atoms with Gasteiger partial charge in [-0.15, -0.1) is 0 Å². The van der Waals surface area contributed by atoms with E-state index < -0.39 is 30.4 Å². The van der Waals surface area contributed by atoms with Crippen molar-refractivity contribution in [3.63, 3.8) is 0 Å². The Bertz CT molecular complexity index is 825. The molecule has 0 radical (unpaired) electrons. The molecule has 9 heteroatoms. The summed E-state index contributed by atoms with van der Waals surface area (Å²) in [7, 11) is 0. The van der Waals surface area contributed by atoms with Crippen molar-refractivity contribution in [2.45, 2.75) is 31.7 Å². The normalized spacial score (nSPS) is 18.9. The molecule has 0 bridgehead atoms. The number of carbonyl (C=O) groups excluding carboxylic acids is 3. The molecule has 0 aromatic heterocycles. The fourth-order valence-electron chi connectivity index (χ4n) is 3.30. The van der Waals surface area contributed by atoms with Crippen LogP contribution in [0.4, 0.5) is 0 Å². The van der Waals surface area contributed by atoms with Crippen LogP contribution in [0.2, 0.25) is 5.02 Å². The van der Waals surface area contributed by atoms with Crippen molar-refractivity contribution in [2.24, 2.45) is 5.73 Å². The lowest BCUT2D eigenvalue weighted by Gasteiger charge is -2.33. The van der Waals surface area contributed by atoms with Gasteiger partial charge in [-0.1, -0.05) is 11.6 Å². The monoisotopic (exact) mass is 422 g/mol. The van der Waals surface area contributed by atoms with Crippen LogP contribution in [0.15, 0.2) is 18.2 Å². The summed E-state index contributed by atoms with van der Waals surface area (Å²) in [5.74, 6) is -0.667. The Morgan fingerprint density at radius 2 is 2.00 bits per heavy atom. The van der Waals surface area contributed by atoms with E-state index in [2.05, 4.69) is 0 Å². The average molecular weight is 423 g/mol. The van der Waals surface area contributed by atoms with E-state index in [0.29, 0.717) is 48.3 Å². The zero-order chi connectivity index (χ0) is 20.8. The molecule has 1 aromatic rings. The number of primary amides is 1. The van der Waals surface area contributed by atoms with E-state index in [4.69, 9.17) is 31.5 Å². The first-order valence-electron chi connectivity index (χ1n) is 9.48. The van der Waals surface area contributed by atoms with Crippen molar-refractivity contribution in [1.29, 1.82) is 0 Å². The lowest BCUT2D eigenvalue weighted by atomic mass is 10.0. The first kappa shape index (κ1) is 21.0. The number of carbonyl (C=O) groups is 3. The summed E-state index contributed by atoms with van der Waals surface area (Å²) >= 11 is 6.22. The maximum absolute atomic E-state index is 12.3. The Kier molecular flexibility index (Phi) is 6.98. The number of fused-ring (bicyclic) bond motifs is 1. The highest BCUT2D eigenvalue weighted by Crippen LogP contribution is 2.38. The fourth-order valence-corrected chi connectivity index (χ4v) is 3.57. The van der Waals surface area contributed by atoms with Gasteiger partial charge >= 0.3 is 5.97 Å².